The first-order valence-corrected chi connectivity index (χ1v) is 17.9. The van der Waals surface area contributed by atoms with Gasteiger partial charge in [0, 0.05) is 27.2 Å². The quantitative estimate of drug-likeness (QED) is 0.185. The number of para-hydroxylation sites is 2. The minimum Gasteiger partial charge on any atom is -0.456 e. The molecule has 51 heavy (non-hydrogen) atoms. The molecule has 0 saturated carbocycles. The number of rotatable bonds is 4. The normalized spacial score (nSPS) is 13.9. The van der Waals surface area contributed by atoms with Gasteiger partial charge < -0.3 is 8.98 Å². The molecule has 9 aromatic rings. The van der Waals surface area contributed by atoms with Crippen LogP contribution in [-0.4, -0.2) is 4.57 Å². The maximum Gasteiger partial charge on any atom is 0.135 e. The van der Waals surface area contributed by atoms with Gasteiger partial charge in [0.15, 0.2) is 0 Å². The Morgan fingerprint density at radius 1 is 0.471 bits per heavy atom. The van der Waals surface area contributed by atoms with Crippen LogP contribution in [0.4, 0.5) is 0 Å². The van der Waals surface area contributed by atoms with E-state index in [0.29, 0.717) is 0 Å². The third-order valence-corrected chi connectivity index (χ3v) is 11.1. The second-order valence-corrected chi connectivity index (χ2v) is 14.0. The molecule has 2 aromatic heterocycles. The van der Waals surface area contributed by atoms with Crippen LogP contribution in [0.1, 0.15) is 24.0 Å². The van der Waals surface area contributed by atoms with Crippen molar-refractivity contribution in [3.8, 4) is 39.1 Å². The van der Waals surface area contributed by atoms with Crippen molar-refractivity contribution in [2.24, 2.45) is 0 Å². The lowest BCUT2D eigenvalue weighted by Gasteiger charge is -2.10. The third kappa shape index (κ3) is 4.50. The SMILES string of the molecule is C1=CC2=C(CC1)Cc1ccc(-c3cccc(-c4ccc5oc6ccc(-c7ccc8c(c7)c7ccccc7n8-c7ccccc7)cc6c5c4)c3)cc12. The average molecular weight is 652 g/mol. The molecule has 2 nitrogen and oxygen atoms in total. The van der Waals surface area contributed by atoms with Crippen LogP contribution in [0.2, 0.25) is 0 Å². The van der Waals surface area contributed by atoms with Crippen LogP contribution in [-0.2, 0) is 6.42 Å². The van der Waals surface area contributed by atoms with Crippen molar-refractivity contribution in [3.63, 3.8) is 0 Å². The van der Waals surface area contributed by atoms with Crippen molar-refractivity contribution in [1.29, 1.82) is 0 Å². The molecule has 0 radical (unpaired) electrons. The summed E-state index contributed by atoms with van der Waals surface area (Å²) in [6.07, 6.45) is 8.11. The molecule has 2 heteroatoms. The first-order chi connectivity index (χ1) is 25.2. The maximum absolute atomic E-state index is 6.38. The van der Waals surface area contributed by atoms with E-state index in [9.17, 15) is 0 Å². The Hall–Kier alpha value is -6.38. The van der Waals surface area contributed by atoms with Crippen LogP contribution in [0.15, 0.2) is 174 Å². The molecule has 2 aliphatic rings. The molecule has 0 amide bonds. The topological polar surface area (TPSA) is 18.1 Å². The highest BCUT2D eigenvalue weighted by molar-refractivity contribution is 6.11. The highest BCUT2D eigenvalue weighted by atomic mass is 16.3. The second-order valence-electron chi connectivity index (χ2n) is 14.0. The van der Waals surface area contributed by atoms with Crippen molar-refractivity contribution >= 4 is 49.3 Å². The zero-order valence-corrected chi connectivity index (χ0v) is 28.1. The second kappa shape index (κ2) is 11.1. The van der Waals surface area contributed by atoms with Gasteiger partial charge in [-0.25, -0.2) is 0 Å². The van der Waals surface area contributed by atoms with Gasteiger partial charge in [-0.15, -0.1) is 0 Å². The molecular weight excluding hydrogens is 619 g/mol. The lowest BCUT2D eigenvalue weighted by molar-refractivity contribution is 0.669. The largest absolute Gasteiger partial charge is 0.456 e. The van der Waals surface area contributed by atoms with Crippen LogP contribution in [0.5, 0.6) is 0 Å². The average Bonchev–Trinajstić information content (AvgIpc) is 3.86. The summed E-state index contributed by atoms with van der Waals surface area (Å²) in [4.78, 5) is 0. The zero-order valence-electron chi connectivity index (χ0n) is 28.1. The number of aromatic nitrogens is 1. The Bertz CT molecular complexity index is 2930. The van der Waals surface area contributed by atoms with E-state index in [-0.39, 0.29) is 0 Å². The van der Waals surface area contributed by atoms with Crippen molar-refractivity contribution in [1.82, 2.24) is 4.57 Å². The summed E-state index contributed by atoms with van der Waals surface area (Å²) in [5, 5.41) is 4.78. The van der Waals surface area contributed by atoms with E-state index < -0.39 is 0 Å². The third-order valence-electron chi connectivity index (χ3n) is 11.1. The number of nitrogens with zero attached hydrogens (tertiary/aromatic N) is 1. The van der Waals surface area contributed by atoms with Gasteiger partial charge in [-0.05, 0) is 136 Å². The van der Waals surface area contributed by atoms with Crippen molar-refractivity contribution in [3.05, 3.63) is 181 Å². The summed E-state index contributed by atoms with van der Waals surface area (Å²) >= 11 is 0. The molecule has 240 valence electrons. The Kier molecular flexibility index (Phi) is 6.17. The van der Waals surface area contributed by atoms with Crippen LogP contribution < -0.4 is 0 Å². The Balaban J connectivity index is 0.988. The van der Waals surface area contributed by atoms with Crippen molar-refractivity contribution in [2.75, 3.05) is 0 Å². The molecule has 7 aromatic carbocycles. The summed E-state index contributed by atoms with van der Waals surface area (Å²) in [6, 6.07) is 55.4. The Morgan fingerprint density at radius 3 is 1.88 bits per heavy atom. The standard InChI is InChI=1S/C49H33NO/c1-2-12-39(13-3-1)50-46-16-7-6-15-41(46)43-28-34(19-22-47(43)50)36-21-24-49-45(30-36)44-29-35(20-23-48(44)51-49)32-11-8-10-31(25-32)33-17-18-38-26-37-9-4-5-14-40(37)42(38)27-33/h1-3,5-8,10-25,27-30H,4,9,26H2. The fourth-order valence-corrected chi connectivity index (χ4v) is 8.59. The lowest BCUT2D eigenvalue weighted by Crippen LogP contribution is -1.92. The highest BCUT2D eigenvalue weighted by Crippen LogP contribution is 2.42. The van der Waals surface area contributed by atoms with Gasteiger partial charge >= 0.3 is 0 Å². The Morgan fingerprint density at radius 2 is 1.10 bits per heavy atom. The van der Waals surface area contributed by atoms with Crippen molar-refractivity contribution in [2.45, 2.75) is 19.3 Å². The first-order valence-electron chi connectivity index (χ1n) is 17.9. The number of furan rings is 1. The predicted octanol–water partition coefficient (Wildman–Crippen LogP) is 13.3. The minimum atomic E-state index is 0.907. The number of allylic oxidation sites excluding steroid dienone is 4. The number of benzene rings is 7. The molecule has 2 aliphatic carbocycles. The van der Waals surface area contributed by atoms with Gasteiger partial charge in [0.1, 0.15) is 11.2 Å². The fraction of sp³-hybridized carbons (Fsp3) is 0.0612. The molecule has 0 unspecified atom stereocenters. The number of fused-ring (bicyclic) bond motifs is 8. The van der Waals surface area contributed by atoms with E-state index >= 15 is 0 Å². The van der Waals surface area contributed by atoms with Crippen molar-refractivity contribution < 1.29 is 4.42 Å². The first kappa shape index (κ1) is 28.5. The summed E-state index contributed by atoms with van der Waals surface area (Å²) in [7, 11) is 0. The lowest BCUT2D eigenvalue weighted by atomic mass is 9.94. The molecule has 11 rings (SSSR count). The number of hydrogen-bond donors (Lipinski definition) is 0. The predicted molar refractivity (Wildman–Crippen MR) is 213 cm³/mol. The van der Waals surface area contributed by atoms with Gasteiger partial charge in [-0.2, -0.15) is 0 Å². The van der Waals surface area contributed by atoms with E-state index in [2.05, 4.69) is 168 Å². The van der Waals surface area contributed by atoms with Crippen LogP contribution in [0, 0.1) is 0 Å². The summed E-state index contributed by atoms with van der Waals surface area (Å²) in [6.45, 7) is 0. The molecule has 0 atom stereocenters. The van der Waals surface area contributed by atoms with Gasteiger partial charge in [0.2, 0.25) is 0 Å². The molecular formula is C49H33NO. The molecule has 0 fully saturated rings. The monoisotopic (exact) mass is 651 g/mol. The molecule has 0 bridgehead atoms. The van der Waals surface area contributed by atoms with Crippen LogP contribution in [0.3, 0.4) is 0 Å². The van der Waals surface area contributed by atoms with Crippen LogP contribution in [0.25, 0.3) is 88.4 Å². The molecule has 0 N–H and O–H groups in total. The van der Waals surface area contributed by atoms with E-state index in [1.165, 1.54) is 84.0 Å². The van der Waals surface area contributed by atoms with E-state index in [4.69, 9.17) is 4.42 Å². The van der Waals surface area contributed by atoms with Gasteiger partial charge in [-0.3, -0.25) is 0 Å². The van der Waals surface area contributed by atoms with Gasteiger partial charge in [0.05, 0.1) is 11.0 Å². The minimum absolute atomic E-state index is 0.907. The highest BCUT2D eigenvalue weighted by Gasteiger charge is 2.22. The molecule has 0 aliphatic heterocycles. The van der Waals surface area contributed by atoms with E-state index in [1.54, 1.807) is 5.57 Å². The molecule has 0 spiro atoms. The molecule has 0 saturated heterocycles. The summed E-state index contributed by atoms with van der Waals surface area (Å²) in [5.41, 5.74) is 18.6. The maximum atomic E-state index is 6.38. The van der Waals surface area contributed by atoms with Gasteiger partial charge in [-0.1, -0.05) is 103 Å². The summed E-state index contributed by atoms with van der Waals surface area (Å²) < 4.78 is 8.74. The Labute approximate surface area is 296 Å². The zero-order chi connectivity index (χ0) is 33.5. The smallest absolute Gasteiger partial charge is 0.135 e. The fourth-order valence-electron chi connectivity index (χ4n) is 8.59. The van der Waals surface area contributed by atoms with Gasteiger partial charge in [0.25, 0.3) is 0 Å². The number of hydrogen-bond acceptors (Lipinski definition) is 1. The van der Waals surface area contributed by atoms with E-state index in [0.717, 1.165) is 34.8 Å². The summed E-state index contributed by atoms with van der Waals surface area (Å²) in [5.74, 6) is 0. The van der Waals surface area contributed by atoms with Crippen LogP contribution >= 0.6 is 0 Å². The van der Waals surface area contributed by atoms with E-state index in [1.807, 2.05) is 0 Å². The molecule has 2 heterocycles.